The van der Waals surface area contributed by atoms with Gasteiger partial charge in [0, 0.05) is 37.6 Å². The molecule has 0 aliphatic heterocycles. The van der Waals surface area contributed by atoms with E-state index in [1.165, 1.54) is 49.9 Å². The highest BCUT2D eigenvalue weighted by molar-refractivity contribution is 5.55. The van der Waals surface area contributed by atoms with Crippen molar-refractivity contribution in [2.75, 3.05) is 36.5 Å². The van der Waals surface area contributed by atoms with Crippen molar-refractivity contribution in [1.82, 2.24) is 0 Å². The second-order valence-electron chi connectivity index (χ2n) is 6.90. The zero-order chi connectivity index (χ0) is 16.5. The summed E-state index contributed by atoms with van der Waals surface area (Å²) in [6.45, 7) is 8.05. The molecule has 1 aromatic rings. The maximum atomic E-state index is 9.52. The van der Waals surface area contributed by atoms with E-state index in [1.807, 2.05) is 0 Å². The Morgan fingerprint density at radius 1 is 1.00 bits per heavy atom. The number of aliphatic hydroxyl groups is 1. The van der Waals surface area contributed by atoms with E-state index in [9.17, 15) is 5.11 Å². The van der Waals surface area contributed by atoms with Gasteiger partial charge in [-0.05, 0) is 61.8 Å². The third kappa shape index (κ3) is 5.42. The fourth-order valence-electron chi connectivity index (χ4n) is 3.74. The Labute approximate surface area is 142 Å². The van der Waals surface area contributed by atoms with Crippen LogP contribution in [0.2, 0.25) is 0 Å². The first-order chi connectivity index (χ1) is 11.3. The molecule has 23 heavy (non-hydrogen) atoms. The Morgan fingerprint density at radius 2 is 1.61 bits per heavy atom. The molecular weight excluding hydrogens is 284 g/mol. The van der Waals surface area contributed by atoms with E-state index in [-0.39, 0.29) is 0 Å². The molecule has 0 bridgehead atoms. The van der Waals surface area contributed by atoms with Gasteiger partial charge in [-0.1, -0.05) is 26.7 Å². The third-order valence-corrected chi connectivity index (χ3v) is 5.09. The molecule has 1 aromatic carbocycles. The van der Waals surface area contributed by atoms with Gasteiger partial charge in [0.15, 0.2) is 0 Å². The first-order valence-corrected chi connectivity index (χ1v) is 9.48. The monoisotopic (exact) mass is 318 g/mol. The molecule has 2 rings (SSSR count). The van der Waals surface area contributed by atoms with E-state index in [0.29, 0.717) is 18.4 Å². The minimum atomic E-state index is 0.342. The van der Waals surface area contributed by atoms with Gasteiger partial charge in [-0.3, -0.25) is 0 Å². The smallest absolute Gasteiger partial charge is 0.0462 e. The molecule has 1 aliphatic rings. The van der Waals surface area contributed by atoms with Crippen LogP contribution < -0.4 is 10.2 Å². The van der Waals surface area contributed by atoms with Crippen molar-refractivity contribution in [3.8, 4) is 0 Å². The van der Waals surface area contributed by atoms with Crippen LogP contribution in [0.25, 0.3) is 0 Å². The van der Waals surface area contributed by atoms with Gasteiger partial charge >= 0.3 is 0 Å². The molecule has 0 radical (unpaired) electrons. The summed E-state index contributed by atoms with van der Waals surface area (Å²) >= 11 is 0. The number of nitrogens with zero attached hydrogens (tertiary/aromatic N) is 1. The molecule has 2 unspecified atom stereocenters. The third-order valence-electron chi connectivity index (χ3n) is 5.09. The molecule has 0 spiro atoms. The van der Waals surface area contributed by atoms with Gasteiger partial charge in [0.1, 0.15) is 0 Å². The van der Waals surface area contributed by atoms with E-state index in [0.717, 1.165) is 19.6 Å². The predicted molar refractivity (Wildman–Crippen MR) is 100 cm³/mol. The molecule has 1 saturated carbocycles. The first-order valence-electron chi connectivity index (χ1n) is 9.48. The summed E-state index contributed by atoms with van der Waals surface area (Å²) in [7, 11) is 0. The van der Waals surface area contributed by atoms with Crippen LogP contribution in [0.3, 0.4) is 0 Å². The number of nitrogens with one attached hydrogen (secondary N) is 1. The number of hydrogen-bond donors (Lipinski definition) is 2. The summed E-state index contributed by atoms with van der Waals surface area (Å²) in [6, 6.07) is 8.87. The lowest BCUT2D eigenvalue weighted by Crippen LogP contribution is -2.28. The number of hydrogen-bond acceptors (Lipinski definition) is 3. The largest absolute Gasteiger partial charge is 0.396 e. The van der Waals surface area contributed by atoms with Crippen LogP contribution in [-0.4, -0.2) is 31.3 Å². The van der Waals surface area contributed by atoms with Gasteiger partial charge in [0.05, 0.1) is 0 Å². The Morgan fingerprint density at radius 3 is 2.17 bits per heavy atom. The van der Waals surface area contributed by atoms with Crippen molar-refractivity contribution in [2.45, 2.75) is 52.4 Å². The van der Waals surface area contributed by atoms with Crippen molar-refractivity contribution < 1.29 is 5.11 Å². The molecule has 1 aliphatic carbocycles. The van der Waals surface area contributed by atoms with Gasteiger partial charge in [-0.2, -0.15) is 0 Å². The normalized spacial score (nSPS) is 21.2. The molecule has 0 saturated heterocycles. The fraction of sp³-hybridized carbons (Fsp3) is 0.700. The minimum absolute atomic E-state index is 0.342. The van der Waals surface area contributed by atoms with Crippen LogP contribution in [0.1, 0.15) is 52.4 Å². The molecule has 0 amide bonds. The van der Waals surface area contributed by atoms with Crippen LogP contribution in [0.4, 0.5) is 11.4 Å². The summed E-state index contributed by atoms with van der Waals surface area (Å²) in [6.07, 6.45) is 7.39. The lowest BCUT2D eigenvalue weighted by molar-refractivity contribution is 0.141. The number of anilines is 2. The highest BCUT2D eigenvalue weighted by atomic mass is 16.3. The molecule has 0 heterocycles. The second-order valence-corrected chi connectivity index (χ2v) is 6.90. The van der Waals surface area contributed by atoms with Gasteiger partial charge < -0.3 is 15.3 Å². The van der Waals surface area contributed by atoms with Crippen molar-refractivity contribution in [3.05, 3.63) is 24.3 Å². The van der Waals surface area contributed by atoms with E-state index in [4.69, 9.17) is 0 Å². The van der Waals surface area contributed by atoms with Gasteiger partial charge in [-0.15, -0.1) is 0 Å². The molecule has 130 valence electrons. The lowest BCUT2D eigenvalue weighted by atomic mass is 9.79. The number of aliphatic hydroxyl groups excluding tert-OH is 1. The van der Waals surface area contributed by atoms with E-state index >= 15 is 0 Å². The van der Waals surface area contributed by atoms with Crippen LogP contribution >= 0.6 is 0 Å². The Balaban J connectivity index is 1.88. The Kier molecular flexibility index (Phi) is 7.73. The average molecular weight is 319 g/mol. The SMILES string of the molecule is CCCN(CCC)c1ccc(NCC2CCCCC2CO)cc1. The fourth-order valence-corrected chi connectivity index (χ4v) is 3.74. The quantitative estimate of drug-likeness (QED) is 0.702. The lowest BCUT2D eigenvalue weighted by Gasteiger charge is -2.30. The Hall–Kier alpha value is -1.22. The van der Waals surface area contributed by atoms with Crippen LogP contribution in [0, 0.1) is 11.8 Å². The molecule has 2 N–H and O–H groups in total. The summed E-state index contributed by atoms with van der Waals surface area (Å²) in [5.41, 5.74) is 2.52. The van der Waals surface area contributed by atoms with Crippen LogP contribution in [-0.2, 0) is 0 Å². The molecular formula is C20H34N2O. The first kappa shape index (κ1) is 18.1. The second kappa shape index (κ2) is 9.82. The summed E-state index contributed by atoms with van der Waals surface area (Å²) < 4.78 is 0. The molecule has 0 aromatic heterocycles. The highest BCUT2D eigenvalue weighted by Crippen LogP contribution is 2.30. The maximum Gasteiger partial charge on any atom is 0.0462 e. The van der Waals surface area contributed by atoms with Crippen LogP contribution in [0.15, 0.2) is 24.3 Å². The average Bonchev–Trinajstić information content (AvgIpc) is 2.60. The van der Waals surface area contributed by atoms with Gasteiger partial charge in [-0.25, -0.2) is 0 Å². The summed E-state index contributed by atoms with van der Waals surface area (Å²) in [5.74, 6) is 1.10. The highest BCUT2D eigenvalue weighted by Gasteiger charge is 2.24. The van der Waals surface area contributed by atoms with E-state index < -0.39 is 0 Å². The number of rotatable bonds is 9. The predicted octanol–water partition coefficient (Wildman–Crippen LogP) is 4.52. The molecule has 1 fully saturated rings. The standard InChI is InChI=1S/C20H34N2O/c1-3-13-22(14-4-2)20-11-9-19(10-12-20)21-15-17-7-5-6-8-18(17)16-23/h9-12,17-18,21,23H,3-8,13-16H2,1-2H3. The van der Waals surface area contributed by atoms with Gasteiger partial charge in [0.25, 0.3) is 0 Å². The van der Waals surface area contributed by atoms with Crippen molar-refractivity contribution in [2.24, 2.45) is 11.8 Å². The van der Waals surface area contributed by atoms with Crippen molar-refractivity contribution in [3.63, 3.8) is 0 Å². The van der Waals surface area contributed by atoms with Crippen LogP contribution in [0.5, 0.6) is 0 Å². The molecule has 3 heteroatoms. The zero-order valence-corrected chi connectivity index (χ0v) is 14.9. The van der Waals surface area contributed by atoms with Gasteiger partial charge in [0.2, 0.25) is 0 Å². The van der Waals surface area contributed by atoms with E-state index in [2.05, 4.69) is 48.3 Å². The minimum Gasteiger partial charge on any atom is -0.396 e. The topological polar surface area (TPSA) is 35.5 Å². The molecule has 2 atom stereocenters. The number of benzene rings is 1. The summed E-state index contributed by atoms with van der Waals surface area (Å²) in [4.78, 5) is 2.46. The Bertz CT molecular complexity index is 426. The summed E-state index contributed by atoms with van der Waals surface area (Å²) in [5, 5.41) is 13.1. The zero-order valence-electron chi connectivity index (χ0n) is 14.9. The maximum absolute atomic E-state index is 9.52. The van der Waals surface area contributed by atoms with Crippen molar-refractivity contribution >= 4 is 11.4 Å². The molecule has 3 nitrogen and oxygen atoms in total. The van der Waals surface area contributed by atoms with Crippen molar-refractivity contribution in [1.29, 1.82) is 0 Å². The van der Waals surface area contributed by atoms with E-state index in [1.54, 1.807) is 0 Å².